The van der Waals surface area contributed by atoms with Crippen molar-refractivity contribution in [3.63, 3.8) is 0 Å². The molecule has 1 aromatic rings. The van der Waals surface area contributed by atoms with E-state index in [1.807, 2.05) is 9.80 Å². The summed E-state index contributed by atoms with van der Waals surface area (Å²) >= 11 is 0. The van der Waals surface area contributed by atoms with E-state index in [4.69, 9.17) is 0 Å². The SMILES string of the molecule is CS(=O)(=O)c1ccc(N2CCN(C(=O)CC3CCCC3)CC2)c([N+](=O)[O-])c1. The standard InChI is InChI=1S/C18H25N3O5S/c1-27(25,26)15-6-7-16(17(13-15)21(23)24)19-8-10-20(11-9-19)18(22)12-14-4-2-3-5-14/h6-7,13-14H,2-5,8-12H2,1H3. The van der Waals surface area contributed by atoms with Crippen LogP contribution in [0.3, 0.4) is 0 Å². The number of nitro groups is 1. The van der Waals surface area contributed by atoms with Crippen molar-refractivity contribution in [3.8, 4) is 0 Å². The summed E-state index contributed by atoms with van der Waals surface area (Å²) in [7, 11) is -3.51. The number of piperazine rings is 1. The number of amides is 1. The number of hydrogen-bond acceptors (Lipinski definition) is 6. The molecule has 27 heavy (non-hydrogen) atoms. The van der Waals surface area contributed by atoms with Crippen molar-refractivity contribution < 1.29 is 18.1 Å². The van der Waals surface area contributed by atoms with Crippen LogP contribution in [0.25, 0.3) is 0 Å². The molecular formula is C18H25N3O5S. The molecule has 2 aliphatic rings. The summed E-state index contributed by atoms with van der Waals surface area (Å²) in [6, 6.07) is 4.00. The van der Waals surface area contributed by atoms with Crippen LogP contribution in [-0.2, 0) is 14.6 Å². The molecular weight excluding hydrogens is 370 g/mol. The van der Waals surface area contributed by atoms with Gasteiger partial charge in [-0.2, -0.15) is 0 Å². The Morgan fingerprint density at radius 3 is 2.37 bits per heavy atom. The number of carbonyl (C=O) groups excluding carboxylic acids is 1. The number of rotatable bonds is 5. The first kappa shape index (κ1) is 19.6. The summed E-state index contributed by atoms with van der Waals surface area (Å²) < 4.78 is 23.3. The van der Waals surface area contributed by atoms with E-state index in [2.05, 4.69) is 0 Å². The first-order valence-corrected chi connectivity index (χ1v) is 11.2. The number of carbonyl (C=O) groups is 1. The predicted octanol–water partition coefficient (Wildman–Crippen LogP) is 2.23. The lowest BCUT2D eigenvalue weighted by molar-refractivity contribution is -0.384. The third kappa shape index (κ3) is 4.58. The van der Waals surface area contributed by atoms with Gasteiger partial charge >= 0.3 is 0 Å². The van der Waals surface area contributed by atoms with Crippen LogP contribution in [0.15, 0.2) is 23.1 Å². The van der Waals surface area contributed by atoms with Gasteiger partial charge in [-0.05, 0) is 30.9 Å². The van der Waals surface area contributed by atoms with Gasteiger partial charge in [-0.1, -0.05) is 12.8 Å². The Hall–Kier alpha value is -2.16. The van der Waals surface area contributed by atoms with E-state index < -0.39 is 14.8 Å². The van der Waals surface area contributed by atoms with E-state index in [0.29, 0.717) is 44.2 Å². The van der Waals surface area contributed by atoms with Crippen LogP contribution in [0.5, 0.6) is 0 Å². The molecule has 1 saturated heterocycles. The molecule has 0 radical (unpaired) electrons. The second-order valence-electron chi connectivity index (χ2n) is 7.40. The molecule has 1 aliphatic carbocycles. The summed E-state index contributed by atoms with van der Waals surface area (Å²) in [6.45, 7) is 2.04. The zero-order valence-electron chi connectivity index (χ0n) is 15.5. The van der Waals surface area contributed by atoms with Crippen LogP contribution in [0.4, 0.5) is 11.4 Å². The first-order chi connectivity index (χ1) is 12.8. The molecule has 1 saturated carbocycles. The Kier molecular flexibility index (Phi) is 5.69. The average Bonchev–Trinajstić information content (AvgIpc) is 3.13. The largest absolute Gasteiger partial charge is 0.362 e. The molecule has 0 bridgehead atoms. The van der Waals surface area contributed by atoms with E-state index >= 15 is 0 Å². The molecule has 148 valence electrons. The van der Waals surface area contributed by atoms with Crippen molar-refractivity contribution in [2.45, 2.75) is 37.0 Å². The summed E-state index contributed by atoms with van der Waals surface area (Å²) in [5.41, 5.74) is 0.180. The van der Waals surface area contributed by atoms with Crippen molar-refractivity contribution in [1.29, 1.82) is 0 Å². The fourth-order valence-electron chi connectivity index (χ4n) is 3.93. The molecule has 0 spiro atoms. The van der Waals surface area contributed by atoms with Crippen LogP contribution >= 0.6 is 0 Å². The summed E-state index contributed by atoms with van der Waals surface area (Å²) in [5, 5.41) is 11.4. The Morgan fingerprint density at radius 2 is 1.81 bits per heavy atom. The van der Waals surface area contributed by atoms with Crippen molar-refractivity contribution in [3.05, 3.63) is 28.3 Å². The van der Waals surface area contributed by atoms with Crippen LogP contribution in [0.1, 0.15) is 32.1 Å². The normalized spacial score (nSPS) is 18.7. The van der Waals surface area contributed by atoms with E-state index in [-0.39, 0.29) is 16.5 Å². The Labute approximate surface area is 159 Å². The minimum atomic E-state index is -3.51. The fourth-order valence-corrected chi connectivity index (χ4v) is 4.58. The summed E-state index contributed by atoms with van der Waals surface area (Å²) in [5.74, 6) is 0.670. The highest BCUT2D eigenvalue weighted by atomic mass is 32.2. The lowest BCUT2D eigenvalue weighted by atomic mass is 10.0. The van der Waals surface area contributed by atoms with Crippen molar-refractivity contribution in [2.24, 2.45) is 5.92 Å². The Balaban J connectivity index is 1.68. The van der Waals surface area contributed by atoms with Gasteiger partial charge in [-0.25, -0.2) is 8.42 Å². The maximum Gasteiger partial charge on any atom is 0.293 e. The highest BCUT2D eigenvalue weighted by Gasteiger charge is 2.28. The van der Waals surface area contributed by atoms with E-state index in [1.54, 1.807) is 0 Å². The topological polar surface area (TPSA) is 101 Å². The minimum absolute atomic E-state index is 0.0664. The third-order valence-electron chi connectivity index (χ3n) is 5.48. The molecule has 0 aromatic heterocycles. The van der Waals surface area contributed by atoms with Gasteiger partial charge in [0.15, 0.2) is 9.84 Å². The average molecular weight is 395 g/mol. The molecule has 0 unspecified atom stereocenters. The van der Waals surface area contributed by atoms with Crippen LogP contribution in [0, 0.1) is 16.0 Å². The Morgan fingerprint density at radius 1 is 1.19 bits per heavy atom. The molecule has 2 fully saturated rings. The second kappa shape index (κ2) is 7.84. The molecule has 0 N–H and O–H groups in total. The second-order valence-corrected chi connectivity index (χ2v) is 9.42. The van der Waals surface area contributed by atoms with E-state index in [0.717, 1.165) is 25.2 Å². The lowest BCUT2D eigenvalue weighted by Gasteiger charge is -2.36. The van der Waals surface area contributed by atoms with Crippen molar-refractivity contribution in [2.75, 3.05) is 37.3 Å². The van der Waals surface area contributed by atoms with Crippen LogP contribution in [-0.4, -0.2) is 56.6 Å². The van der Waals surface area contributed by atoms with Crippen molar-refractivity contribution >= 4 is 27.1 Å². The number of sulfone groups is 1. The van der Waals surface area contributed by atoms with Gasteiger partial charge in [0, 0.05) is 44.9 Å². The maximum atomic E-state index is 12.5. The lowest BCUT2D eigenvalue weighted by Crippen LogP contribution is -2.49. The molecule has 1 amide bonds. The predicted molar refractivity (Wildman–Crippen MR) is 102 cm³/mol. The fraction of sp³-hybridized carbons (Fsp3) is 0.611. The summed E-state index contributed by atoms with van der Waals surface area (Å²) in [4.78, 5) is 27.0. The van der Waals surface area contributed by atoms with Crippen LogP contribution in [0.2, 0.25) is 0 Å². The smallest absolute Gasteiger partial charge is 0.293 e. The highest BCUT2D eigenvalue weighted by molar-refractivity contribution is 7.90. The van der Waals surface area contributed by atoms with Gasteiger partial charge in [-0.15, -0.1) is 0 Å². The zero-order valence-corrected chi connectivity index (χ0v) is 16.3. The number of anilines is 1. The molecule has 9 heteroatoms. The molecule has 3 rings (SSSR count). The third-order valence-corrected chi connectivity index (χ3v) is 6.59. The minimum Gasteiger partial charge on any atom is -0.362 e. The van der Waals surface area contributed by atoms with Gasteiger partial charge in [-0.3, -0.25) is 14.9 Å². The maximum absolute atomic E-state index is 12.5. The summed E-state index contributed by atoms with van der Waals surface area (Å²) in [6.07, 6.45) is 6.30. The number of benzene rings is 1. The van der Waals surface area contributed by atoms with E-state index in [9.17, 15) is 23.3 Å². The molecule has 1 heterocycles. The monoisotopic (exact) mass is 395 g/mol. The van der Waals surface area contributed by atoms with Crippen molar-refractivity contribution in [1.82, 2.24) is 4.90 Å². The van der Waals surface area contributed by atoms with Gasteiger partial charge in [0.1, 0.15) is 5.69 Å². The molecule has 1 aromatic carbocycles. The van der Waals surface area contributed by atoms with E-state index in [1.165, 1.54) is 25.0 Å². The first-order valence-electron chi connectivity index (χ1n) is 9.27. The number of hydrogen-bond donors (Lipinski definition) is 0. The quantitative estimate of drug-likeness (QED) is 0.560. The Bertz CT molecular complexity index is 825. The van der Waals surface area contributed by atoms with Gasteiger partial charge in [0.05, 0.1) is 9.82 Å². The number of nitro benzene ring substituents is 1. The molecule has 8 nitrogen and oxygen atoms in total. The van der Waals surface area contributed by atoms with Gasteiger partial charge < -0.3 is 9.80 Å². The molecule has 0 atom stereocenters. The van der Waals surface area contributed by atoms with Gasteiger partial charge in [0.25, 0.3) is 5.69 Å². The number of nitrogens with zero attached hydrogens (tertiary/aromatic N) is 3. The molecule has 1 aliphatic heterocycles. The van der Waals surface area contributed by atoms with Gasteiger partial charge in [0.2, 0.25) is 5.91 Å². The zero-order chi connectivity index (χ0) is 19.6. The van der Waals surface area contributed by atoms with Crippen LogP contribution < -0.4 is 4.90 Å². The highest BCUT2D eigenvalue weighted by Crippen LogP contribution is 2.32.